The van der Waals surface area contributed by atoms with Gasteiger partial charge in [-0.2, -0.15) is 0 Å². The van der Waals surface area contributed by atoms with Crippen molar-refractivity contribution in [1.82, 2.24) is 14.5 Å². The molecule has 0 atom stereocenters. The number of hydrogen-bond acceptors (Lipinski definition) is 3. The summed E-state index contributed by atoms with van der Waals surface area (Å²) in [4.78, 5) is 10.5. The average molecular weight is 824 g/mol. The molecule has 314 valence electrons. The van der Waals surface area contributed by atoms with Gasteiger partial charge in [-0.1, -0.05) is 127 Å². The van der Waals surface area contributed by atoms with E-state index in [9.17, 15) is 5.11 Å². The lowest BCUT2D eigenvalue weighted by molar-refractivity contribution is 0.477. The highest BCUT2D eigenvalue weighted by Crippen LogP contribution is 2.44. The maximum atomic E-state index is 11.3. The lowest BCUT2D eigenvalue weighted by Crippen LogP contribution is -2.11. The Hall–Kier alpha value is -6.78. The maximum Gasteiger partial charge on any atom is 0.149 e. The van der Waals surface area contributed by atoms with Crippen molar-refractivity contribution in [2.75, 3.05) is 0 Å². The second kappa shape index (κ2) is 16.2. The van der Waals surface area contributed by atoms with E-state index in [1.165, 1.54) is 50.1 Å². The van der Waals surface area contributed by atoms with Crippen LogP contribution in [0, 0.1) is 20.8 Å². The lowest BCUT2D eigenvalue weighted by Gasteiger charge is -2.21. The molecule has 1 N–H and O–H groups in total. The van der Waals surface area contributed by atoms with E-state index in [-0.39, 0.29) is 11.2 Å². The summed E-state index contributed by atoms with van der Waals surface area (Å²) in [7, 11) is 0. The number of phenolic OH excluding ortho intramolecular Hbond substituents is 1. The van der Waals surface area contributed by atoms with Crippen molar-refractivity contribution in [2.45, 2.75) is 86.5 Å². The highest BCUT2D eigenvalue weighted by Gasteiger charge is 2.23. The van der Waals surface area contributed by atoms with E-state index in [0.717, 1.165) is 55.4 Å². The summed E-state index contributed by atoms with van der Waals surface area (Å²) in [5, 5.41) is 12.4. The molecule has 0 radical (unpaired) electrons. The Morgan fingerprint density at radius 1 is 0.540 bits per heavy atom. The highest BCUT2D eigenvalue weighted by molar-refractivity contribution is 6.02. The molecule has 2 heterocycles. The van der Waals surface area contributed by atoms with Gasteiger partial charge in [-0.05, 0) is 166 Å². The molecule has 0 unspecified atom stereocenters. The molecule has 0 saturated heterocycles. The van der Waals surface area contributed by atoms with Gasteiger partial charge in [0.25, 0.3) is 0 Å². The van der Waals surface area contributed by atoms with Crippen LogP contribution in [-0.2, 0) is 5.41 Å². The second-order valence-electron chi connectivity index (χ2n) is 19.1. The average Bonchev–Trinajstić information content (AvgIpc) is 3.64. The van der Waals surface area contributed by atoms with Crippen molar-refractivity contribution in [3.8, 4) is 67.3 Å². The summed E-state index contributed by atoms with van der Waals surface area (Å²) in [6.07, 6.45) is 1.91. The minimum absolute atomic E-state index is 0.00893. The van der Waals surface area contributed by atoms with E-state index in [4.69, 9.17) is 9.97 Å². The van der Waals surface area contributed by atoms with Gasteiger partial charge in [0.05, 0.1) is 22.1 Å². The Bertz CT molecular complexity index is 3150. The number of benzene rings is 7. The van der Waals surface area contributed by atoms with Crippen LogP contribution in [0.2, 0.25) is 0 Å². The fourth-order valence-electron chi connectivity index (χ4n) is 9.71. The van der Waals surface area contributed by atoms with Crippen LogP contribution in [-0.4, -0.2) is 19.6 Å². The molecule has 63 heavy (non-hydrogen) atoms. The molecule has 2 aromatic heterocycles. The van der Waals surface area contributed by atoms with E-state index in [2.05, 4.69) is 183 Å². The standard InChI is InChI=1S/C59H57N3O/c1-35(2)47-18-13-19-48(36(3)4)55(47)44-30-40-16-15-27-60-56(40)51(34-44)42-31-41(32-43(33-42)54-38(6)28-37(5)29-39(54)7)49-20-14-21-52-57(49)61-58(50-17-11-12-22-53(50)63)62(52)46-25-23-45(24-26-46)59(8,9)10/h11-36,63H,1-10H3. The van der Waals surface area contributed by atoms with E-state index in [1.54, 1.807) is 6.07 Å². The van der Waals surface area contributed by atoms with Crippen molar-refractivity contribution in [1.29, 1.82) is 0 Å². The number of rotatable bonds is 8. The van der Waals surface area contributed by atoms with Crippen molar-refractivity contribution in [3.05, 3.63) is 179 Å². The van der Waals surface area contributed by atoms with Crippen molar-refractivity contribution < 1.29 is 5.11 Å². The van der Waals surface area contributed by atoms with E-state index >= 15 is 0 Å². The van der Waals surface area contributed by atoms with Crippen LogP contribution >= 0.6 is 0 Å². The Morgan fingerprint density at radius 2 is 1.14 bits per heavy atom. The number of pyridine rings is 1. The minimum Gasteiger partial charge on any atom is -0.507 e. The zero-order valence-electron chi connectivity index (χ0n) is 38.3. The first-order chi connectivity index (χ1) is 30.2. The third kappa shape index (κ3) is 7.62. The number of para-hydroxylation sites is 2. The van der Waals surface area contributed by atoms with E-state index in [0.29, 0.717) is 23.2 Å². The van der Waals surface area contributed by atoms with Crippen LogP contribution in [0.15, 0.2) is 146 Å². The molecule has 0 aliphatic heterocycles. The topological polar surface area (TPSA) is 50.9 Å². The van der Waals surface area contributed by atoms with Gasteiger partial charge >= 0.3 is 0 Å². The number of aryl methyl sites for hydroxylation is 3. The van der Waals surface area contributed by atoms with Gasteiger partial charge in [-0.15, -0.1) is 0 Å². The summed E-state index contributed by atoms with van der Waals surface area (Å²) in [6.45, 7) is 22.5. The Kier molecular flexibility index (Phi) is 10.7. The number of imidazole rings is 1. The van der Waals surface area contributed by atoms with Crippen molar-refractivity contribution in [3.63, 3.8) is 0 Å². The van der Waals surface area contributed by atoms with Gasteiger partial charge in [0.2, 0.25) is 0 Å². The largest absolute Gasteiger partial charge is 0.507 e. The molecular weight excluding hydrogens is 767 g/mol. The predicted octanol–water partition coefficient (Wildman–Crippen LogP) is 16.1. The van der Waals surface area contributed by atoms with Crippen LogP contribution in [0.25, 0.3) is 83.5 Å². The van der Waals surface area contributed by atoms with Crippen LogP contribution in [0.1, 0.15) is 93.7 Å². The van der Waals surface area contributed by atoms with Gasteiger partial charge in [0.15, 0.2) is 0 Å². The molecule has 0 spiro atoms. The first-order valence-electron chi connectivity index (χ1n) is 22.3. The quantitative estimate of drug-likeness (QED) is 0.166. The van der Waals surface area contributed by atoms with Crippen LogP contribution in [0.3, 0.4) is 0 Å². The Labute approximate surface area is 373 Å². The second-order valence-corrected chi connectivity index (χ2v) is 19.1. The molecule has 0 fully saturated rings. The molecule has 4 heteroatoms. The zero-order chi connectivity index (χ0) is 44.3. The SMILES string of the molecule is Cc1cc(C)c(-c2cc(-c3cc(-c4c(C(C)C)cccc4C(C)C)cc4cccnc34)cc(-c3cccc4c3nc(-c3ccccc3O)n4-c3ccc(C(C)(C)C)cc3)c2)c(C)c1. The number of aromatic hydroxyl groups is 1. The molecule has 0 saturated carbocycles. The smallest absolute Gasteiger partial charge is 0.149 e. The fourth-order valence-corrected chi connectivity index (χ4v) is 9.71. The molecule has 0 aliphatic rings. The van der Waals surface area contributed by atoms with Crippen LogP contribution in [0.5, 0.6) is 5.75 Å². The summed E-state index contributed by atoms with van der Waals surface area (Å²) < 4.78 is 2.19. The number of hydrogen-bond donors (Lipinski definition) is 1. The summed E-state index contributed by atoms with van der Waals surface area (Å²) in [5.41, 5.74) is 21.3. The van der Waals surface area contributed by atoms with Crippen LogP contribution in [0.4, 0.5) is 0 Å². The van der Waals surface area contributed by atoms with Crippen LogP contribution < -0.4 is 0 Å². The maximum absolute atomic E-state index is 11.3. The van der Waals surface area contributed by atoms with E-state index in [1.807, 2.05) is 30.5 Å². The first kappa shape index (κ1) is 41.6. The molecule has 9 aromatic rings. The Morgan fingerprint density at radius 3 is 1.79 bits per heavy atom. The van der Waals surface area contributed by atoms with Gasteiger partial charge in [-0.3, -0.25) is 9.55 Å². The first-order valence-corrected chi connectivity index (χ1v) is 22.3. The number of phenols is 1. The normalized spacial score (nSPS) is 12.0. The molecule has 7 aromatic carbocycles. The molecule has 0 bridgehead atoms. The van der Waals surface area contributed by atoms with Crippen molar-refractivity contribution >= 4 is 21.9 Å². The monoisotopic (exact) mass is 823 g/mol. The predicted molar refractivity (Wildman–Crippen MR) is 266 cm³/mol. The number of fused-ring (bicyclic) bond motifs is 2. The molecular formula is C59H57N3O. The third-order valence-corrected chi connectivity index (χ3v) is 12.7. The van der Waals surface area contributed by atoms with E-state index < -0.39 is 0 Å². The number of nitrogens with zero attached hydrogens (tertiary/aromatic N) is 3. The zero-order valence-corrected chi connectivity index (χ0v) is 38.3. The van der Waals surface area contributed by atoms with Crippen molar-refractivity contribution in [2.24, 2.45) is 0 Å². The molecule has 0 aliphatic carbocycles. The highest BCUT2D eigenvalue weighted by atomic mass is 16.3. The van der Waals surface area contributed by atoms with Gasteiger partial charge < -0.3 is 5.11 Å². The minimum atomic E-state index is 0.00893. The number of aromatic nitrogens is 3. The summed E-state index contributed by atoms with van der Waals surface area (Å²) in [5.74, 6) is 1.59. The fraction of sp³-hybridized carbons (Fsp3) is 0.220. The summed E-state index contributed by atoms with van der Waals surface area (Å²) in [6, 6.07) is 50.1. The molecule has 0 amide bonds. The Balaban J connectivity index is 1.35. The molecule has 9 rings (SSSR count). The van der Waals surface area contributed by atoms with Gasteiger partial charge in [0.1, 0.15) is 11.6 Å². The van der Waals surface area contributed by atoms with Gasteiger partial charge in [0, 0.05) is 28.4 Å². The van der Waals surface area contributed by atoms with Gasteiger partial charge in [-0.25, -0.2) is 4.98 Å². The lowest BCUT2D eigenvalue weighted by atomic mass is 9.83. The summed E-state index contributed by atoms with van der Waals surface area (Å²) >= 11 is 0. The molecule has 4 nitrogen and oxygen atoms in total. The third-order valence-electron chi connectivity index (χ3n) is 12.7.